The number of halogens is 1. The van der Waals surface area contributed by atoms with E-state index in [0.717, 1.165) is 11.1 Å². The van der Waals surface area contributed by atoms with Gasteiger partial charge in [-0.15, -0.1) is 0 Å². The number of quaternary nitrogens is 1. The second kappa shape index (κ2) is 7.05. The van der Waals surface area contributed by atoms with Crippen molar-refractivity contribution < 1.29 is 15.0 Å². The van der Waals surface area contributed by atoms with Gasteiger partial charge in [-0.25, -0.2) is 5.43 Å². The molecule has 1 atom stereocenters. The highest BCUT2D eigenvalue weighted by Gasteiger charge is 2.05. The lowest BCUT2D eigenvalue weighted by Crippen LogP contribution is -3.00. The zero-order valence-corrected chi connectivity index (χ0v) is 12.3. The Morgan fingerprint density at radius 1 is 1.45 bits per heavy atom. The molecule has 0 fully saturated rings. The molecule has 9 heteroatoms. The fourth-order valence-electron chi connectivity index (χ4n) is 1.61. The van der Waals surface area contributed by atoms with E-state index in [0.29, 0.717) is 16.5 Å². The molecule has 0 bridgehead atoms. The first-order valence-corrected chi connectivity index (χ1v) is 6.56. The third-order valence-corrected chi connectivity index (χ3v) is 3.08. The van der Waals surface area contributed by atoms with Crippen LogP contribution in [-0.4, -0.2) is 17.4 Å². The van der Waals surface area contributed by atoms with Gasteiger partial charge in [0.1, 0.15) is 11.5 Å². The van der Waals surface area contributed by atoms with Crippen LogP contribution in [0.2, 0.25) is 5.02 Å². The molecule has 1 unspecified atom stereocenters. The number of hydrogen-bond donors (Lipinski definition) is 4. The second-order valence-electron chi connectivity index (χ2n) is 4.32. The Labute approximate surface area is 131 Å². The van der Waals surface area contributed by atoms with Gasteiger partial charge in [-0.1, -0.05) is 29.1 Å². The number of nitrogens with zero attached hydrogens (tertiary/aromatic N) is 2. The molecular weight excluding hydrogens is 310 g/mol. The van der Waals surface area contributed by atoms with E-state index in [4.69, 9.17) is 27.0 Å². The van der Waals surface area contributed by atoms with Crippen LogP contribution >= 0.6 is 11.6 Å². The minimum atomic E-state index is -1.41. The Morgan fingerprint density at radius 3 is 2.91 bits per heavy atom. The normalized spacial score (nSPS) is 13.5. The van der Waals surface area contributed by atoms with Gasteiger partial charge in [0.25, 0.3) is 5.96 Å². The van der Waals surface area contributed by atoms with E-state index in [1.165, 1.54) is 6.21 Å². The third-order valence-electron chi connectivity index (χ3n) is 2.67. The molecule has 0 aliphatic rings. The zero-order valence-electron chi connectivity index (χ0n) is 11.6. The van der Waals surface area contributed by atoms with Crippen molar-refractivity contribution in [3.63, 3.8) is 0 Å². The molecule has 0 aliphatic heterocycles. The van der Waals surface area contributed by atoms with Crippen molar-refractivity contribution in [1.29, 1.82) is 0 Å². The maximum Gasteiger partial charge on any atom is 0.272 e. The number of nitrogens with one attached hydrogen (secondary N) is 2. The molecule has 0 aliphatic carbocycles. The van der Waals surface area contributed by atoms with Crippen LogP contribution in [0.1, 0.15) is 11.3 Å². The molecule has 1 heterocycles. The van der Waals surface area contributed by atoms with Gasteiger partial charge in [-0.2, -0.15) is 10.3 Å². The van der Waals surface area contributed by atoms with Gasteiger partial charge in [0, 0.05) is 10.6 Å². The predicted molar refractivity (Wildman–Crippen MR) is 82.4 cm³/mol. The van der Waals surface area contributed by atoms with Crippen LogP contribution in [0.3, 0.4) is 0 Å². The average molecular weight is 324 g/mol. The van der Waals surface area contributed by atoms with Crippen LogP contribution in [0.25, 0.3) is 11.3 Å². The number of benzene rings is 1. The van der Waals surface area contributed by atoms with Crippen LogP contribution in [0.4, 0.5) is 0 Å². The molecular formula is C13H14ClN5O3. The Kier molecular flexibility index (Phi) is 5.12. The van der Waals surface area contributed by atoms with Gasteiger partial charge in [0.15, 0.2) is 0 Å². The minimum absolute atomic E-state index is 0.333. The van der Waals surface area contributed by atoms with E-state index in [-0.39, 0.29) is 5.96 Å². The molecule has 116 valence electrons. The van der Waals surface area contributed by atoms with Crippen LogP contribution in [0.5, 0.6) is 0 Å². The molecule has 5 N–H and O–H groups in total. The van der Waals surface area contributed by atoms with Crippen molar-refractivity contribution in [2.45, 2.75) is 6.92 Å². The quantitative estimate of drug-likeness (QED) is 0.377. The van der Waals surface area contributed by atoms with Crippen LogP contribution < -0.4 is 16.5 Å². The lowest BCUT2D eigenvalue weighted by atomic mass is 10.1. The van der Waals surface area contributed by atoms with E-state index >= 15 is 0 Å². The highest BCUT2D eigenvalue weighted by Crippen LogP contribution is 2.26. The van der Waals surface area contributed by atoms with Crippen molar-refractivity contribution in [2.24, 2.45) is 15.9 Å². The second-order valence-corrected chi connectivity index (χ2v) is 4.72. The van der Waals surface area contributed by atoms with Crippen LogP contribution in [0.15, 0.2) is 45.0 Å². The Hall–Kier alpha value is -2.39. The molecule has 0 spiro atoms. The maximum absolute atomic E-state index is 10.3. The molecule has 1 aromatic heterocycles. The lowest BCUT2D eigenvalue weighted by molar-refractivity contribution is -1.05. The monoisotopic (exact) mass is 323 g/mol. The summed E-state index contributed by atoms with van der Waals surface area (Å²) in [5.74, 6) is 0.763. The van der Waals surface area contributed by atoms with Crippen molar-refractivity contribution in [2.75, 3.05) is 0 Å². The first-order chi connectivity index (χ1) is 10.5. The molecule has 1 aromatic carbocycles. The number of furan rings is 1. The number of nitrogens with two attached hydrogens (primary N) is 1. The summed E-state index contributed by atoms with van der Waals surface area (Å²) in [4.78, 5) is 0. The van der Waals surface area contributed by atoms with E-state index < -0.39 is 5.34 Å². The van der Waals surface area contributed by atoms with E-state index in [1.807, 2.05) is 25.1 Å². The van der Waals surface area contributed by atoms with Crippen molar-refractivity contribution in [1.82, 2.24) is 5.43 Å². The average Bonchev–Trinajstić information content (AvgIpc) is 2.90. The van der Waals surface area contributed by atoms with Crippen LogP contribution in [-0.2, 0) is 0 Å². The number of aryl methyl sites for hydroxylation is 1. The van der Waals surface area contributed by atoms with Gasteiger partial charge < -0.3 is 15.4 Å². The summed E-state index contributed by atoms with van der Waals surface area (Å²) in [7, 11) is 0. The highest BCUT2D eigenvalue weighted by molar-refractivity contribution is 6.31. The van der Waals surface area contributed by atoms with Crippen LogP contribution in [0, 0.1) is 12.1 Å². The predicted octanol–water partition coefficient (Wildman–Crippen LogP) is 0.834. The molecule has 8 nitrogen and oxygen atoms in total. The van der Waals surface area contributed by atoms with Gasteiger partial charge in [0.2, 0.25) is 0 Å². The minimum Gasteiger partial charge on any atom is -0.572 e. The fraction of sp³-hybridized carbons (Fsp3) is 0.0769. The lowest BCUT2D eigenvalue weighted by Gasteiger charge is -2.03. The topological polar surface area (TPSA) is 124 Å². The first-order valence-electron chi connectivity index (χ1n) is 6.18. The molecule has 2 aromatic rings. The summed E-state index contributed by atoms with van der Waals surface area (Å²) in [6, 6.07) is 9.09. The standard InChI is InChI=1S/C13H14ClN5O3/c1-8-2-3-9(6-11(8)14)12-5-4-10(22-12)7-16-17-13(15)18-19(20)21/h2-7,19-20H,1H3,(H3,15,17,18)/b16-7+. The number of hydrazone groups is 1. The number of guanidine groups is 1. The van der Waals surface area contributed by atoms with Gasteiger partial charge in [-0.3, -0.25) is 0 Å². The smallest absolute Gasteiger partial charge is 0.272 e. The number of hydrogen-bond acceptors (Lipinski definition) is 5. The van der Waals surface area contributed by atoms with E-state index in [1.54, 1.807) is 12.1 Å². The SMILES string of the molecule is Cc1ccc(-c2ccc(/C=N/N/C(N)=N\[NH+]([O-])O)o2)cc1Cl. The van der Waals surface area contributed by atoms with Crippen molar-refractivity contribution in [3.05, 3.63) is 51.9 Å². The first kappa shape index (κ1) is 16.0. The highest BCUT2D eigenvalue weighted by atomic mass is 35.5. The summed E-state index contributed by atoms with van der Waals surface area (Å²) < 4.78 is 5.58. The zero-order chi connectivity index (χ0) is 16.1. The van der Waals surface area contributed by atoms with E-state index in [9.17, 15) is 5.21 Å². The summed E-state index contributed by atoms with van der Waals surface area (Å²) in [6.07, 6.45) is 1.35. The summed E-state index contributed by atoms with van der Waals surface area (Å²) in [5, 5.41) is 24.6. The Balaban J connectivity index is 2.07. The molecule has 0 radical (unpaired) electrons. The van der Waals surface area contributed by atoms with Crippen molar-refractivity contribution >= 4 is 23.8 Å². The largest absolute Gasteiger partial charge is 0.572 e. The van der Waals surface area contributed by atoms with Gasteiger partial charge in [-0.05, 0) is 35.8 Å². The maximum atomic E-state index is 10.3. The molecule has 22 heavy (non-hydrogen) atoms. The molecule has 2 rings (SSSR count). The molecule has 0 saturated heterocycles. The number of rotatable bonds is 4. The third kappa shape index (κ3) is 4.30. The van der Waals surface area contributed by atoms with E-state index in [2.05, 4.69) is 15.6 Å². The summed E-state index contributed by atoms with van der Waals surface area (Å²) in [6.45, 7) is 1.92. The Morgan fingerprint density at radius 2 is 2.23 bits per heavy atom. The van der Waals surface area contributed by atoms with Gasteiger partial charge in [0.05, 0.1) is 6.21 Å². The van der Waals surface area contributed by atoms with Gasteiger partial charge >= 0.3 is 0 Å². The molecule has 0 saturated carbocycles. The molecule has 0 amide bonds. The van der Waals surface area contributed by atoms with Crippen molar-refractivity contribution in [3.8, 4) is 11.3 Å². The Bertz CT molecular complexity index is 711. The summed E-state index contributed by atoms with van der Waals surface area (Å²) >= 11 is 6.08. The summed E-state index contributed by atoms with van der Waals surface area (Å²) in [5.41, 5.74) is 9.35. The fourth-order valence-corrected chi connectivity index (χ4v) is 1.79.